The highest BCUT2D eigenvalue weighted by atomic mass is 79.9. The van der Waals surface area contributed by atoms with Gasteiger partial charge in [0.2, 0.25) is 0 Å². The largest absolute Gasteiger partial charge is 1.00 e. The molecular formula is C40H82Br2N2O4. The van der Waals surface area contributed by atoms with E-state index in [-0.39, 0.29) is 64.9 Å². The standard InChI is InChI=1S/C40H82N2O4.2BrH/c1-8-11-13-15-17-19-21-23-25-27-29-31-35-41(4,5)38(37-46-40(44)34-33-39(43)45-10-3)42(6,7)36-32-30-28-26-24-22-20-18-16-14-12-9-2;;/h38H,8-37H2,1-7H3;2*1H/q+2;;/p-2. The van der Waals surface area contributed by atoms with Gasteiger partial charge in [-0.25, -0.2) is 0 Å². The maximum Gasteiger partial charge on any atom is 0.306 e. The van der Waals surface area contributed by atoms with Gasteiger partial charge in [-0.2, -0.15) is 0 Å². The molecule has 0 rings (SSSR count). The molecule has 0 unspecified atom stereocenters. The number of quaternary nitrogens is 2. The van der Waals surface area contributed by atoms with Crippen molar-refractivity contribution in [2.75, 3.05) is 54.5 Å². The third kappa shape index (κ3) is 30.6. The normalized spacial score (nSPS) is 11.7. The van der Waals surface area contributed by atoms with Crippen molar-refractivity contribution in [1.29, 1.82) is 0 Å². The summed E-state index contributed by atoms with van der Waals surface area (Å²) in [4.78, 5) is 24.4. The number of unbranched alkanes of at least 4 members (excludes halogenated alkanes) is 22. The Morgan fingerprint density at radius 2 is 0.708 bits per heavy atom. The number of halogens is 2. The molecule has 48 heavy (non-hydrogen) atoms. The van der Waals surface area contributed by atoms with E-state index in [0.29, 0.717) is 13.2 Å². The number of esters is 2. The molecule has 0 N–H and O–H groups in total. The van der Waals surface area contributed by atoms with Crippen LogP contribution in [0.1, 0.15) is 188 Å². The minimum Gasteiger partial charge on any atom is -1.00 e. The lowest BCUT2D eigenvalue weighted by atomic mass is 10.0. The first-order chi connectivity index (χ1) is 22.1. The van der Waals surface area contributed by atoms with Crippen LogP contribution in [-0.2, 0) is 19.1 Å². The van der Waals surface area contributed by atoms with Gasteiger partial charge in [-0.05, 0) is 32.6 Å². The summed E-state index contributed by atoms with van der Waals surface area (Å²) in [5.41, 5.74) is 0. The summed E-state index contributed by atoms with van der Waals surface area (Å²) in [7, 11) is 9.27. The number of rotatable bonds is 34. The molecular weight excluding hydrogens is 732 g/mol. The van der Waals surface area contributed by atoms with E-state index in [1.54, 1.807) is 6.92 Å². The second-order valence-electron chi connectivity index (χ2n) is 15.3. The van der Waals surface area contributed by atoms with Crippen molar-refractivity contribution in [1.82, 2.24) is 0 Å². The quantitative estimate of drug-likeness (QED) is 0.0408. The monoisotopic (exact) mass is 812 g/mol. The van der Waals surface area contributed by atoms with Gasteiger partial charge < -0.3 is 43.4 Å². The van der Waals surface area contributed by atoms with E-state index in [2.05, 4.69) is 42.0 Å². The van der Waals surface area contributed by atoms with Gasteiger partial charge in [0.05, 0.1) is 60.7 Å². The molecule has 0 radical (unpaired) electrons. The average Bonchev–Trinajstić information content (AvgIpc) is 3.01. The number of hydrogen-bond donors (Lipinski definition) is 0. The molecule has 0 aromatic heterocycles. The van der Waals surface area contributed by atoms with Crippen LogP contribution in [0.2, 0.25) is 0 Å². The summed E-state index contributed by atoms with van der Waals surface area (Å²) in [6.07, 6.45) is 32.9. The summed E-state index contributed by atoms with van der Waals surface area (Å²) in [5, 5.41) is 0. The Kier molecular flexibility index (Phi) is 38.3. The second-order valence-corrected chi connectivity index (χ2v) is 15.3. The number of carbonyl (C=O) groups is 2. The smallest absolute Gasteiger partial charge is 0.306 e. The van der Waals surface area contributed by atoms with E-state index < -0.39 is 0 Å². The zero-order valence-corrected chi connectivity index (χ0v) is 36.2. The van der Waals surface area contributed by atoms with Gasteiger partial charge in [0.1, 0.15) is 0 Å². The molecule has 0 aromatic carbocycles. The van der Waals surface area contributed by atoms with Gasteiger partial charge >= 0.3 is 11.9 Å². The van der Waals surface area contributed by atoms with E-state index in [9.17, 15) is 9.59 Å². The molecule has 0 saturated carbocycles. The number of carbonyl (C=O) groups excluding carboxylic acids is 2. The van der Waals surface area contributed by atoms with Crippen molar-refractivity contribution in [2.45, 2.75) is 194 Å². The zero-order chi connectivity index (χ0) is 34.4. The fraction of sp³-hybridized carbons (Fsp3) is 0.950. The van der Waals surface area contributed by atoms with Crippen LogP contribution in [0, 0.1) is 0 Å². The Bertz CT molecular complexity index is 681. The Balaban J connectivity index is -0.0000101. The van der Waals surface area contributed by atoms with Crippen LogP contribution in [0.25, 0.3) is 0 Å². The van der Waals surface area contributed by atoms with Crippen molar-refractivity contribution >= 4 is 11.9 Å². The second kappa shape index (κ2) is 35.2. The lowest BCUT2D eigenvalue weighted by Gasteiger charge is -2.46. The van der Waals surface area contributed by atoms with Crippen molar-refractivity contribution in [3.8, 4) is 0 Å². The van der Waals surface area contributed by atoms with Crippen molar-refractivity contribution < 1.29 is 62.0 Å². The van der Waals surface area contributed by atoms with E-state index in [1.807, 2.05) is 0 Å². The molecule has 0 fully saturated rings. The topological polar surface area (TPSA) is 52.6 Å². The minimum atomic E-state index is -0.331. The van der Waals surface area contributed by atoms with Crippen LogP contribution in [0.4, 0.5) is 0 Å². The highest BCUT2D eigenvalue weighted by Crippen LogP contribution is 2.22. The van der Waals surface area contributed by atoms with Crippen molar-refractivity contribution in [2.24, 2.45) is 0 Å². The lowest BCUT2D eigenvalue weighted by molar-refractivity contribution is -1.10. The van der Waals surface area contributed by atoms with Gasteiger partial charge in [0.15, 0.2) is 6.61 Å². The summed E-state index contributed by atoms with van der Waals surface area (Å²) >= 11 is 0. The van der Waals surface area contributed by atoms with Gasteiger partial charge in [-0.1, -0.05) is 142 Å². The number of ether oxygens (including phenoxy) is 2. The van der Waals surface area contributed by atoms with Gasteiger partial charge in [0, 0.05) is 0 Å². The van der Waals surface area contributed by atoms with Crippen LogP contribution >= 0.6 is 0 Å². The predicted molar refractivity (Wildman–Crippen MR) is 197 cm³/mol. The van der Waals surface area contributed by atoms with E-state index in [4.69, 9.17) is 9.47 Å². The van der Waals surface area contributed by atoms with E-state index >= 15 is 0 Å². The summed E-state index contributed by atoms with van der Waals surface area (Å²) in [5.74, 6) is -0.629. The maximum atomic E-state index is 12.6. The molecule has 0 spiro atoms. The molecule has 0 aliphatic heterocycles. The Morgan fingerprint density at radius 1 is 0.438 bits per heavy atom. The molecule has 6 nitrogen and oxygen atoms in total. The first-order valence-corrected chi connectivity index (χ1v) is 20.1. The van der Waals surface area contributed by atoms with Crippen LogP contribution < -0.4 is 34.0 Å². The number of nitrogens with zero attached hydrogens (tertiary/aromatic N) is 2. The SMILES string of the molecule is CCCCCCCCCCCCCC[N+](C)(C)C(COC(=O)CCC(=O)OCC)[N+](C)(C)CCCCCCCCCCCCCC.[Br-].[Br-]. The fourth-order valence-corrected chi connectivity index (χ4v) is 6.95. The third-order valence-corrected chi connectivity index (χ3v) is 10.0. The molecule has 0 heterocycles. The molecule has 0 amide bonds. The molecule has 290 valence electrons. The Labute approximate surface area is 320 Å². The molecule has 0 aliphatic rings. The molecule has 0 saturated heterocycles. The fourth-order valence-electron chi connectivity index (χ4n) is 6.95. The number of hydrogen-bond acceptors (Lipinski definition) is 4. The zero-order valence-electron chi connectivity index (χ0n) is 33.1. The first kappa shape index (κ1) is 52.2. The Hall–Kier alpha value is -0.180. The third-order valence-electron chi connectivity index (χ3n) is 10.0. The summed E-state index contributed by atoms with van der Waals surface area (Å²) in [6.45, 7) is 9.25. The molecule has 0 aliphatic carbocycles. The molecule has 0 atom stereocenters. The maximum absolute atomic E-state index is 12.6. The predicted octanol–water partition coefficient (Wildman–Crippen LogP) is 4.76. The first-order valence-electron chi connectivity index (χ1n) is 20.1. The summed E-state index contributed by atoms with van der Waals surface area (Å²) < 4.78 is 12.5. The van der Waals surface area contributed by atoms with Crippen LogP contribution in [0.15, 0.2) is 0 Å². The summed E-state index contributed by atoms with van der Waals surface area (Å²) in [6, 6.07) is 0. The number of likely N-dealkylation sites (N-methyl/N-ethyl adjacent to an activating group) is 2. The van der Waals surface area contributed by atoms with Gasteiger partial charge in [-0.15, -0.1) is 0 Å². The highest BCUT2D eigenvalue weighted by molar-refractivity contribution is 5.77. The van der Waals surface area contributed by atoms with Gasteiger partial charge in [-0.3, -0.25) is 18.6 Å². The molecule has 0 bridgehead atoms. The molecule has 0 aromatic rings. The van der Waals surface area contributed by atoms with Crippen molar-refractivity contribution in [3.63, 3.8) is 0 Å². The minimum absolute atomic E-state index is 0. The average molecular weight is 815 g/mol. The van der Waals surface area contributed by atoms with Crippen LogP contribution in [-0.4, -0.2) is 81.6 Å². The van der Waals surface area contributed by atoms with Crippen LogP contribution in [0.3, 0.4) is 0 Å². The van der Waals surface area contributed by atoms with E-state index in [1.165, 1.54) is 154 Å². The molecule has 8 heteroatoms. The van der Waals surface area contributed by atoms with Gasteiger partial charge in [0.25, 0.3) is 6.17 Å². The Morgan fingerprint density at radius 3 is 1.00 bits per heavy atom. The highest BCUT2D eigenvalue weighted by Gasteiger charge is 2.42. The van der Waals surface area contributed by atoms with Crippen molar-refractivity contribution in [3.05, 3.63) is 0 Å². The van der Waals surface area contributed by atoms with Crippen LogP contribution in [0.5, 0.6) is 0 Å². The van der Waals surface area contributed by atoms with E-state index in [0.717, 1.165) is 22.1 Å². The lowest BCUT2D eigenvalue weighted by Crippen LogP contribution is -3.00.